The number of sulfone groups is 1. The maximum atomic E-state index is 13.9. The highest BCUT2D eigenvalue weighted by molar-refractivity contribution is 7.90. The minimum absolute atomic E-state index is 0.155. The van der Waals surface area contributed by atoms with Crippen molar-refractivity contribution in [3.8, 4) is 11.1 Å². The first-order chi connectivity index (χ1) is 19.3. The molecule has 1 saturated heterocycles. The predicted octanol–water partition coefficient (Wildman–Crippen LogP) is 4.83. The Balaban J connectivity index is 1.62. The van der Waals surface area contributed by atoms with Crippen molar-refractivity contribution in [2.24, 2.45) is 0 Å². The van der Waals surface area contributed by atoms with Gasteiger partial charge in [-0.1, -0.05) is 12.7 Å². The number of hydrogen-bond acceptors (Lipinski definition) is 7. The minimum atomic E-state index is -4.80. The molecule has 0 saturated carbocycles. The molecular formula is C29H34F3N5O3S. The number of rotatable bonds is 9. The summed E-state index contributed by atoms with van der Waals surface area (Å²) in [5.41, 5.74) is -0.163. The molecule has 0 atom stereocenters. The van der Waals surface area contributed by atoms with E-state index in [9.17, 15) is 26.4 Å². The van der Waals surface area contributed by atoms with Crippen molar-refractivity contribution >= 4 is 33.1 Å². The molecule has 0 aliphatic carbocycles. The summed E-state index contributed by atoms with van der Waals surface area (Å²) in [4.78, 5) is 17.8. The Morgan fingerprint density at radius 3 is 2.20 bits per heavy atom. The molecule has 1 aliphatic heterocycles. The van der Waals surface area contributed by atoms with Crippen LogP contribution in [0.25, 0.3) is 17.2 Å². The molecule has 41 heavy (non-hydrogen) atoms. The van der Waals surface area contributed by atoms with Crippen LogP contribution in [0.5, 0.6) is 0 Å². The van der Waals surface area contributed by atoms with Gasteiger partial charge in [0.2, 0.25) is 0 Å². The first kappa shape index (κ1) is 30.2. The number of likely N-dealkylation sites (N-methyl/N-ethyl adjacent to an activating group) is 1. The summed E-state index contributed by atoms with van der Waals surface area (Å²) in [7, 11) is -1.71. The lowest BCUT2D eigenvalue weighted by Crippen LogP contribution is -2.44. The van der Waals surface area contributed by atoms with Gasteiger partial charge in [0.15, 0.2) is 9.84 Å². The average Bonchev–Trinajstić information content (AvgIpc) is 2.93. The molecule has 0 unspecified atom stereocenters. The molecule has 3 aromatic rings. The molecule has 2 N–H and O–H groups in total. The molecule has 220 valence electrons. The van der Waals surface area contributed by atoms with E-state index in [0.29, 0.717) is 17.4 Å². The van der Waals surface area contributed by atoms with Crippen molar-refractivity contribution in [2.75, 3.05) is 61.7 Å². The summed E-state index contributed by atoms with van der Waals surface area (Å²) in [6, 6.07) is 11.8. The minimum Gasteiger partial charge on any atom is -0.369 e. The van der Waals surface area contributed by atoms with E-state index in [1.54, 1.807) is 6.92 Å². The zero-order chi connectivity index (χ0) is 29.9. The molecule has 4 rings (SSSR count). The second kappa shape index (κ2) is 12.0. The predicted molar refractivity (Wildman–Crippen MR) is 158 cm³/mol. The number of hydrogen-bond donors (Lipinski definition) is 2. The molecule has 8 nitrogen and oxygen atoms in total. The van der Waals surface area contributed by atoms with Crippen LogP contribution < -0.4 is 21.1 Å². The summed E-state index contributed by atoms with van der Waals surface area (Å²) in [5, 5.41) is 6.41. The first-order valence-corrected chi connectivity index (χ1v) is 15.1. The third kappa shape index (κ3) is 6.76. The van der Waals surface area contributed by atoms with E-state index in [1.807, 2.05) is 24.3 Å². The number of halogens is 3. The molecule has 1 aliphatic rings. The monoisotopic (exact) mass is 589 g/mol. The van der Waals surface area contributed by atoms with Crippen LogP contribution in [-0.2, 0) is 22.6 Å². The van der Waals surface area contributed by atoms with Gasteiger partial charge in [0.05, 0.1) is 17.1 Å². The van der Waals surface area contributed by atoms with E-state index >= 15 is 0 Å². The Morgan fingerprint density at radius 1 is 0.976 bits per heavy atom. The van der Waals surface area contributed by atoms with Gasteiger partial charge in [-0.05, 0) is 62.5 Å². The van der Waals surface area contributed by atoms with Crippen LogP contribution in [0.15, 0.2) is 64.8 Å². The maximum Gasteiger partial charge on any atom is 0.417 e. The van der Waals surface area contributed by atoms with Crippen molar-refractivity contribution in [2.45, 2.75) is 24.5 Å². The van der Waals surface area contributed by atoms with Gasteiger partial charge in [0, 0.05) is 67.0 Å². The number of anilines is 3. The van der Waals surface area contributed by atoms with Gasteiger partial charge in [-0.2, -0.15) is 13.2 Å². The Kier molecular flexibility index (Phi) is 8.83. The molecule has 0 spiro atoms. The van der Waals surface area contributed by atoms with Gasteiger partial charge in [0.1, 0.15) is 5.82 Å². The fraction of sp³-hybridized carbons (Fsp3) is 0.345. The Bertz CT molecular complexity index is 1580. The van der Waals surface area contributed by atoms with Crippen molar-refractivity contribution in [3.05, 3.63) is 76.6 Å². The lowest BCUT2D eigenvalue weighted by Gasteiger charge is -2.34. The van der Waals surface area contributed by atoms with Crippen LogP contribution in [0.1, 0.15) is 18.1 Å². The third-order valence-electron chi connectivity index (χ3n) is 7.15. The van der Waals surface area contributed by atoms with Gasteiger partial charge in [-0.25, -0.2) is 8.42 Å². The molecule has 12 heteroatoms. The summed E-state index contributed by atoms with van der Waals surface area (Å²) >= 11 is 0. The molecule has 1 aromatic heterocycles. The number of benzene rings is 2. The van der Waals surface area contributed by atoms with E-state index in [2.05, 4.69) is 34.1 Å². The summed E-state index contributed by atoms with van der Waals surface area (Å²) in [6.45, 7) is 9.80. The molecule has 0 amide bonds. The lowest BCUT2D eigenvalue weighted by molar-refractivity contribution is -0.137. The number of alkyl halides is 3. The molecule has 0 bridgehead atoms. The maximum absolute atomic E-state index is 13.9. The quantitative estimate of drug-likeness (QED) is 0.346. The van der Waals surface area contributed by atoms with E-state index in [-0.39, 0.29) is 23.7 Å². The van der Waals surface area contributed by atoms with Crippen LogP contribution in [0.2, 0.25) is 0 Å². The van der Waals surface area contributed by atoms with Gasteiger partial charge in [-0.15, -0.1) is 0 Å². The molecule has 0 radical (unpaired) electrons. The lowest BCUT2D eigenvalue weighted by atomic mass is 9.98. The molecule has 1 fully saturated rings. The van der Waals surface area contributed by atoms with Crippen molar-refractivity contribution < 1.29 is 21.6 Å². The van der Waals surface area contributed by atoms with E-state index < -0.39 is 32.7 Å². The standard InChI is InChI=1S/C29H34F3N5O3S/c1-5-20-17-25(24-18-23(41(4,39)40)11-12-26(24)29(30,31)32)28(38)37(6-2)27(20)34-19-33-21-7-9-22(10-8-21)36-15-13-35(3)14-16-36/h5,7-12,17-18,33-34H,1,6,13-16,19H2,2-4H3. The van der Waals surface area contributed by atoms with Gasteiger partial charge < -0.3 is 20.4 Å². The zero-order valence-corrected chi connectivity index (χ0v) is 24.1. The number of aromatic nitrogens is 1. The summed E-state index contributed by atoms with van der Waals surface area (Å²) < 4.78 is 67.3. The van der Waals surface area contributed by atoms with Crippen LogP contribution in [0, 0.1) is 0 Å². The number of pyridine rings is 1. The second-order valence-electron chi connectivity index (χ2n) is 9.96. The largest absolute Gasteiger partial charge is 0.417 e. The number of nitrogens with one attached hydrogen (secondary N) is 2. The van der Waals surface area contributed by atoms with Crippen LogP contribution >= 0.6 is 0 Å². The fourth-order valence-corrected chi connectivity index (χ4v) is 5.49. The van der Waals surface area contributed by atoms with Crippen molar-refractivity contribution in [3.63, 3.8) is 0 Å². The van der Waals surface area contributed by atoms with Crippen molar-refractivity contribution in [1.82, 2.24) is 9.47 Å². The summed E-state index contributed by atoms with van der Waals surface area (Å²) in [6.07, 6.45) is -2.46. The van der Waals surface area contributed by atoms with E-state index in [1.165, 1.54) is 16.7 Å². The third-order valence-corrected chi connectivity index (χ3v) is 8.26. The smallest absolute Gasteiger partial charge is 0.369 e. The van der Waals surface area contributed by atoms with Crippen LogP contribution in [-0.4, -0.2) is 64.0 Å². The van der Waals surface area contributed by atoms with Crippen molar-refractivity contribution in [1.29, 1.82) is 0 Å². The van der Waals surface area contributed by atoms with Gasteiger partial charge >= 0.3 is 6.18 Å². The Labute approximate surface area is 238 Å². The number of piperazine rings is 1. The van der Waals surface area contributed by atoms with Gasteiger partial charge in [-0.3, -0.25) is 9.36 Å². The Morgan fingerprint density at radius 2 is 1.63 bits per heavy atom. The average molecular weight is 590 g/mol. The summed E-state index contributed by atoms with van der Waals surface area (Å²) in [5.74, 6) is 0.380. The molecule has 2 heterocycles. The van der Waals surface area contributed by atoms with Crippen LogP contribution in [0.4, 0.5) is 30.4 Å². The highest BCUT2D eigenvalue weighted by Gasteiger charge is 2.35. The normalized spacial score (nSPS) is 14.6. The Hall–Kier alpha value is -3.77. The highest BCUT2D eigenvalue weighted by Crippen LogP contribution is 2.38. The second-order valence-corrected chi connectivity index (χ2v) is 12.0. The van der Waals surface area contributed by atoms with E-state index in [0.717, 1.165) is 55.9 Å². The van der Waals surface area contributed by atoms with Gasteiger partial charge in [0.25, 0.3) is 5.56 Å². The molecule has 2 aromatic carbocycles. The number of nitrogens with zero attached hydrogens (tertiary/aromatic N) is 3. The highest BCUT2D eigenvalue weighted by atomic mass is 32.2. The zero-order valence-electron chi connectivity index (χ0n) is 23.3. The fourth-order valence-electron chi connectivity index (χ4n) is 4.84. The van der Waals surface area contributed by atoms with Crippen LogP contribution in [0.3, 0.4) is 0 Å². The SMILES string of the molecule is C=Cc1cc(-c2cc(S(C)(=O)=O)ccc2C(F)(F)F)c(=O)n(CC)c1NCNc1ccc(N2CCN(C)CC2)cc1. The first-order valence-electron chi connectivity index (χ1n) is 13.2. The topological polar surface area (TPSA) is 86.7 Å². The molecular weight excluding hydrogens is 555 g/mol. The van der Waals surface area contributed by atoms with E-state index in [4.69, 9.17) is 0 Å².